The number of nitrogens with one attached hydrogen (secondary N) is 2. The fourth-order valence-electron chi connectivity index (χ4n) is 1.92. The minimum atomic E-state index is -0.117. The number of hydrogen-bond donors (Lipinski definition) is 2. The number of rotatable bonds is 3. The van der Waals surface area contributed by atoms with Crippen molar-refractivity contribution in [2.24, 2.45) is 5.92 Å². The van der Waals surface area contributed by atoms with Crippen LogP contribution in [0, 0.1) is 5.92 Å². The van der Waals surface area contributed by atoms with E-state index in [1.807, 2.05) is 0 Å². The summed E-state index contributed by atoms with van der Waals surface area (Å²) in [4.78, 5) is 12.5. The largest absolute Gasteiger partial charge is 0.317 e. The first kappa shape index (κ1) is 11.1. The van der Waals surface area contributed by atoms with Crippen LogP contribution < -0.4 is 10.6 Å². The molecule has 0 bridgehead atoms. The monoisotopic (exact) mass is 223 g/mol. The van der Waals surface area contributed by atoms with Crippen LogP contribution >= 0.6 is 0 Å². The van der Waals surface area contributed by atoms with Gasteiger partial charge in [0.2, 0.25) is 5.91 Å². The Balaban J connectivity index is 1.88. The Labute approximate surface area is 94.4 Å². The predicted octanol–water partition coefficient (Wildman–Crippen LogP) is 0.236. The van der Waals surface area contributed by atoms with Crippen molar-refractivity contribution in [1.29, 1.82) is 0 Å². The fraction of sp³-hybridized carbons (Fsp3) is 0.700. The molecular formula is C10H17N5O. The first-order valence-corrected chi connectivity index (χ1v) is 5.62. The van der Waals surface area contributed by atoms with Gasteiger partial charge in [0, 0.05) is 6.92 Å². The van der Waals surface area contributed by atoms with E-state index >= 15 is 0 Å². The van der Waals surface area contributed by atoms with Gasteiger partial charge in [-0.3, -0.25) is 4.79 Å². The van der Waals surface area contributed by atoms with E-state index < -0.39 is 0 Å². The molecule has 1 fully saturated rings. The molecular weight excluding hydrogens is 206 g/mol. The summed E-state index contributed by atoms with van der Waals surface area (Å²) in [5, 5.41) is 14.3. The van der Waals surface area contributed by atoms with E-state index in [1.165, 1.54) is 6.92 Å². The van der Waals surface area contributed by atoms with Gasteiger partial charge in [0.25, 0.3) is 0 Å². The number of nitrogens with zero attached hydrogens (tertiary/aromatic N) is 3. The molecule has 0 saturated carbocycles. The number of hydrogen-bond acceptors (Lipinski definition) is 4. The van der Waals surface area contributed by atoms with E-state index in [-0.39, 0.29) is 5.91 Å². The Hall–Kier alpha value is -1.43. The summed E-state index contributed by atoms with van der Waals surface area (Å²) in [6.45, 7) is 4.45. The molecule has 2 heterocycles. The molecule has 0 spiro atoms. The SMILES string of the molecule is CC(=O)Nc1cnn(CC2CCNCC2)n1. The van der Waals surface area contributed by atoms with E-state index in [9.17, 15) is 4.79 Å². The van der Waals surface area contributed by atoms with Crippen molar-refractivity contribution in [2.75, 3.05) is 18.4 Å². The van der Waals surface area contributed by atoms with Crippen LogP contribution in [0.25, 0.3) is 0 Å². The molecule has 6 nitrogen and oxygen atoms in total. The Morgan fingerprint density at radius 2 is 2.38 bits per heavy atom. The molecule has 1 amide bonds. The van der Waals surface area contributed by atoms with Crippen molar-refractivity contribution in [3.8, 4) is 0 Å². The van der Waals surface area contributed by atoms with Crippen LogP contribution in [-0.2, 0) is 11.3 Å². The predicted molar refractivity (Wildman–Crippen MR) is 59.9 cm³/mol. The van der Waals surface area contributed by atoms with Crippen LogP contribution in [0.4, 0.5) is 5.82 Å². The van der Waals surface area contributed by atoms with Gasteiger partial charge < -0.3 is 10.6 Å². The minimum absolute atomic E-state index is 0.117. The molecule has 1 saturated heterocycles. The summed E-state index contributed by atoms with van der Waals surface area (Å²) in [7, 11) is 0. The normalized spacial score (nSPS) is 17.3. The van der Waals surface area contributed by atoms with Gasteiger partial charge >= 0.3 is 0 Å². The molecule has 6 heteroatoms. The van der Waals surface area contributed by atoms with Gasteiger partial charge in [-0.2, -0.15) is 9.90 Å². The van der Waals surface area contributed by atoms with Gasteiger partial charge in [0.1, 0.15) is 0 Å². The summed E-state index contributed by atoms with van der Waals surface area (Å²) in [6, 6.07) is 0. The summed E-state index contributed by atoms with van der Waals surface area (Å²) in [5.74, 6) is 1.05. The van der Waals surface area contributed by atoms with Crippen molar-refractivity contribution in [3.63, 3.8) is 0 Å². The molecule has 16 heavy (non-hydrogen) atoms. The molecule has 2 rings (SSSR count). The Kier molecular flexibility index (Phi) is 3.51. The van der Waals surface area contributed by atoms with E-state index in [1.54, 1.807) is 11.0 Å². The maximum absolute atomic E-state index is 10.8. The van der Waals surface area contributed by atoms with Crippen LogP contribution in [0.5, 0.6) is 0 Å². The zero-order valence-corrected chi connectivity index (χ0v) is 9.44. The highest BCUT2D eigenvalue weighted by Gasteiger charge is 2.14. The van der Waals surface area contributed by atoms with Crippen LogP contribution in [0.1, 0.15) is 19.8 Å². The average Bonchev–Trinajstić information content (AvgIpc) is 2.66. The lowest BCUT2D eigenvalue weighted by molar-refractivity contribution is -0.114. The van der Waals surface area contributed by atoms with Crippen LogP contribution in [0.2, 0.25) is 0 Å². The van der Waals surface area contributed by atoms with Crippen molar-refractivity contribution in [2.45, 2.75) is 26.3 Å². The standard InChI is InChI=1S/C10H17N5O/c1-8(16)13-10-6-12-15(14-10)7-9-2-4-11-5-3-9/h6,9,11H,2-5,7H2,1H3,(H,13,14,16). The molecule has 1 aromatic rings. The molecule has 88 valence electrons. The van der Waals surface area contributed by atoms with Gasteiger partial charge in [0.15, 0.2) is 5.82 Å². The van der Waals surface area contributed by atoms with E-state index in [0.29, 0.717) is 11.7 Å². The fourth-order valence-corrected chi connectivity index (χ4v) is 1.92. The molecule has 1 aliphatic rings. The molecule has 2 N–H and O–H groups in total. The number of aromatic nitrogens is 3. The smallest absolute Gasteiger partial charge is 0.222 e. The second-order valence-corrected chi connectivity index (χ2v) is 4.16. The highest BCUT2D eigenvalue weighted by molar-refractivity contribution is 5.87. The van der Waals surface area contributed by atoms with E-state index in [0.717, 1.165) is 32.5 Å². The van der Waals surface area contributed by atoms with Crippen molar-refractivity contribution < 1.29 is 4.79 Å². The van der Waals surface area contributed by atoms with Gasteiger partial charge in [0.05, 0.1) is 12.7 Å². The quantitative estimate of drug-likeness (QED) is 0.769. The first-order chi connectivity index (χ1) is 7.74. The Morgan fingerprint density at radius 3 is 3.06 bits per heavy atom. The molecule has 1 aromatic heterocycles. The lowest BCUT2D eigenvalue weighted by Crippen LogP contribution is -2.30. The molecule has 0 atom stereocenters. The van der Waals surface area contributed by atoms with Gasteiger partial charge in [-0.1, -0.05) is 0 Å². The van der Waals surface area contributed by atoms with Gasteiger partial charge in [-0.05, 0) is 31.8 Å². The van der Waals surface area contributed by atoms with Crippen LogP contribution in [0.15, 0.2) is 6.20 Å². The Bertz CT molecular complexity index is 356. The van der Waals surface area contributed by atoms with Crippen molar-refractivity contribution in [3.05, 3.63) is 6.20 Å². The summed E-state index contributed by atoms with van der Waals surface area (Å²) < 4.78 is 0. The molecule has 0 aromatic carbocycles. The number of carbonyl (C=O) groups excluding carboxylic acids is 1. The maximum Gasteiger partial charge on any atom is 0.222 e. The minimum Gasteiger partial charge on any atom is -0.317 e. The second kappa shape index (κ2) is 5.07. The second-order valence-electron chi connectivity index (χ2n) is 4.16. The number of carbonyl (C=O) groups is 1. The zero-order chi connectivity index (χ0) is 11.4. The van der Waals surface area contributed by atoms with Crippen molar-refractivity contribution >= 4 is 11.7 Å². The topological polar surface area (TPSA) is 71.8 Å². The molecule has 1 aliphatic heterocycles. The van der Waals surface area contributed by atoms with Crippen LogP contribution in [0.3, 0.4) is 0 Å². The summed E-state index contributed by atoms with van der Waals surface area (Å²) >= 11 is 0. The highest BCUT2D eigenvalue weighted by atomic mass is 16.1. The van der Waals surface area contributed by atoms with Gasteiger partial charge in [-0.25, -0.2) is 0 Å². The zero-order valence-electron chi connectivity index (χ0n) is 9.44. The third kappa shape index (κ3) is 3.03. The Morgan fingerprint density at radius 1 is 1.62 bits per heavy atom. The molecule has 0 radical (unpaired) electrons. The van der Waals surface area contributed by atoms with E-state index in [4.69, 9.17) is 0 Å². The first-order valence-electron chi connectivity index (χ1n) is 5.62. The third-order valence-corrected chi connectivity index (χ3v) is 2.72. The lowest BCUT2D eigenvalue weighted by atomic mass is 9.99. The third-order valence-electron chi connectivity index (χ3n) is 2.72. The molecule has 0 aliphatic carbocycles. The average molecular weight is 223 g/mol. The maximum atomic E-state index is 10.8. The lowest BCUT2D eigenvalue weighted by Gasteiger charge is -2.21. The number of anilines is 1. The summed E-state index contributed by atoms with van der Waals surface area (Å²) in [6.07, 6.45) is 3.91. The van der Waals surface area contributed by atoms with Crippen molar-refractivity contribution in [1.82, 2.24) is 20.3 Å². The number of amides is 1. The highest BCUT2D eigenvalue weighted by Crippen LogP contribution is 2.13. The van der Waals surface area contributed by atoms with Gasteiger partial charge in [-0.15, -0.1) is 5.10 Å². The molecule has 0 unspecified atom stereocenters. The van der Waals surface area contributed by atoms with Crippen LogP contribution in [-0.4, -0.2) is 34.0 Å². The van der Waals surface area contributed by atoms with E-state index in [2.05, 4.69) is 20.8 Å². The number of piperidine rings is 1. The summed E-state index contributed by atoms with van der Waals surface area (Å²) in [5.41, 5.74) is 0.